The summed E-state index contributed by atoms with van der Waals surface area (Å²) < 4.78 is 23.1. The van der Waals surface area contributed by atoms with Crippen molar-refractivity contribution in [1.29, 1.82) is 0 Å². The van der Waals surface area contributed by atoms with Gasteiger partial charge in [0.05, 0.1) is 11.0 Å². The Hall–Kier alpha value is -0.0900. The van der Waals surface area contributed by atoms with Crippen LogP contribution in [0.15, 0.2) is 0 Å². The molecule has 4 heteroatoms. The third-order valence-electron chi connectivity index (χ3n) is 3.05. The molecule has 0 bridgehead atoms. The molecule has 0 aromatic heterocycles. The summed E-state index contributed by atoms with van der Waals surface area (Å²) in [7, 11) is -2.89. The summed E-state index contributed by atoms with van der Waals surface area (Å²) in [5.74, 6) is 0.944. The molecule has 1 N–H and O–H groups in total. The molecule has 0 aliphatic heterocycles. The maximum atomic E-state index is 11.6. The lowest BCUT2D eigenvalue weighted by atomic mass is 10.0. The number of hydrogen-bond acceptors (Lipinski definition) is 3. The summed E-state index contributed by atoms with van der Waals surface area (Å²) in [5.41, 5.74) is 0. The summed E-state index contributed by atoms with van der Waals surface area (Å²) in [6.07, 6.45) is 2.29. The van der Waals surface area contributed by atoms with Crippen LogP contribution in [0.25, 0.3) is 0 Å². The van der Waals surface area contributed by atoms with Crippen molar-refractivity contribution in [3.05, 3.63) is 0 Å². The van der Waals surface area contributed by atoms with Crippen LogP contribution in [-0.2, 0) is 9.84 Å². The zero-order chi connectivity index (χ0) is 12.8. The van der Waals surface area contributed by atoms with Crippen LogP contribution in [0.5, 0.6) is 0 Å². The molecule has 16 heavy (non-hydrogen) atoms. The Morgan fingerprint density at radius 3 is 2.12 bits per heavy atom. The van der Waals surface area contributed by atoms with Crippen molar-refractivity contribution in [2.75, 3.05) is 12.3 Å². The van der Waals surface area contributed by atoms with Crippen LogP contribution in [0.1, 0.15) is 47.5 Å². The quantitative estimate of drug-likeness (QED) is 0.717. The van der Waals surface area contributed by atoms with E-state index in [4.69, 9.17) is 0 Å². The van der Waals surface area contributed by atoms with Gasteiger partial charge in [-0.05, 0) is 33.1 Å². The van der Waals surface area contributed by atoms with E-state index in [2.05, 4.69) is 26.1 Å². The number of sulfone groups is 1. The van der Waals surface area contributed by atoms with Crippen LogP contribution in [0.2, 0.25) is 0 Å². The lowest BCUT2D eigenvalue weighted by Gasteiger charge is -2.17. The number of hydrogen-bond donors (Lipinski definition) is 1. The Bertz CT molecular complexity index is 273. The number of rotatable bonds is 8. The monoisotopic (exact) mass is 249 g/mol. The molecule has 2 atom stereocenters. The predicted octanol–water partition coefficient (Wildman–Crippen LogP) is 2.22. The van der Waals surface area contributed by atoms with Gasteiger partial charge in [0.1, 0.15) is 0 Å². The zero-order valence-corrected chi connectivity index (χ0v) is 12.1. The van der Waals surface area contributed by atoms with E-state index in [0.717, 1.165) is 6.42 Å². The molecule has 0 aliphatic rings. The van der Waals surface area contributed by atoms with Crippen LogP contribution in [-0.4, -0.2) is 32.0 Å². The highest BCUT2D eigenvalue weighted by Gasteiger charge is 2.16. The Labute approximate surface area is 101 Å². The Morgan fingerprint density at radius 2 is 1.69 bits per heavy atom. The summed E-state index contributed by atoms with van der Waals surface area (Å²) in [5, 5.41) is 3.01. The van der Waals surface area contributed by atoms with Crippen LogP contribution >= 0.6 is 0 Å². The molecule has 0 saturated heterocycles. The van der Waals surface area contributed by atoms with Crippen LogP contribution in [0.3, 0.4) is 0 Å². The van der Waals surface area contributed by atoms with Crippen molar-refractivity contribution in [2.24, 2.45) is 5.92 Å². The molecule has 0 spiro atoms. The molecule has 0 amide bonds. The van der Waals surface area contributed by atoms with Gasteiger partial charge in [-0.25, -0.2) is 8.42 Å². The van der Waals surface area contributed by atoms with E-state index in [0.29, 0.717) is 18.5 Å². The molecule has 0 aliphatic carbocycles. The van der Waals surface area contributed by atoms with Crippen molar-refractivity contribution in [3.8, 4) is 0 Å². The fourth-order valence-electron chi connectivity index (χ4n) is 1.54. The first kappa shape index (κ1) is 15.9. The van der Waals surface area contributed by atoms with Gasteiger partial charge in [-0.2, -0.15) is 0 Å². The SMILES string of the molecule is CCC(C)CC(C)NCCS(=O)(=O)C(C)C. The predicted molar refractivity (Wildman–Crippen MR) is 70.5 cm³/mol. The number of nitrogens with one attached hydrogen (secondary N) is 1. The first-order valence-corrected chi connectivity index (χ1v) is 7.96. The minimum absolute atomic E-state index is 0.246. The third-order valence-corrected chi connectivity index (χ3v) is 5.26. The van der Waals surface area contributed by atoms with Crippen molar-refractivity contribution in [3.63, 3.8) is 0 Å². The van der Waals surface area contributed by atoms with E-state index < -0.39 is 9.84 Å². The highest BCUT2D eigenvalue weighted by atomic mass is 32.2. The van der Waals surface area contributed by atoms with Crippen molar-refractivity contribution in [2.45, 2.75) is 58.8 Å². The van der Waals surface area contributed by atoms with Gasteiger partial charge in [-0.1, -0.05) is 20.3 Å². The normalized spacial score (nSPS) is 16.4. The highest BCUT2D eigenvalue weighted by molar-refractivity contribution is 7.92. The molecular weight excluding hydrogens is 222 g/mol. The second-order valence-corrected chi connectivity index (χ2v) is 7.70. The molecule has 0 aromatic rings. The second-order valence-electron chi connectivity index (χ2n) is 5.02. The van der Waals surface area contributed by atoms with E-state index in [1.165, 1.54) is 6.42 Å². The largest absolute Gasteiger partial charge is 0.313 e. The maximum absolute atomic E-state index is 11.6. The average molecular weight is 249 g/mol. The lowest BCUT2D eigenvalue weighted by Crippen LogP contribution is -2.33. The molecule has 98 valence electrons. The standard InChI is InChI=1S/C12H27NO2S/c1-6-11(4)9-12(5)13-7-8-16(14,15)10(2)3/h10-13H,6-9H2,1-5H3. The first-order valence-electron chi connectivity index (χ1n) is 6.24. The maximum Gasteiger partial charge on any atom is 0.153 e. The minimum atomic E-state index is -2.89. The van der Waals surface area contributed by atoms with Crippen molar-refractivity contribution < 1.29 is 8.42 Å². The van der Waals surface area contributed by atoms with E-state index in [9.17, 15) is 8.42 Å². The van der Waals surface area contributed by atoms with Crippen LogP contribution < -0.4 is 5.32 Å². The Morgan fingerprint density at radius 1 is 1.12 bits per heavy atom. The molecule has 0 aromatic carbocycles. The lowest BCUT2D eigenvalue weighted by molar-refractivity contribution is 0.419. The highest BCUT2D eigenvalue weighted by Crippen LogP contribution is 2.09. The minimum Gasteiger partial charge on any atom is -0.313 e. The fraction of sp³-hybridized carbons (Fsp3) is 1.00. The van der Waals surface area contributed by atoms with Gasteiger partial charge in [0.15, 0.2) is 9.84 Å². The summed E-state index contributed by atoms with van der Waals surface area (Å²) in [6, 6.07) is 0.400. The van der Waals surface area contributed by atoms with Crippen molar-refractivity contribution >= 4 is 9.84 Å². The van der Waals surface area contributed by atoms with Gasteiger partial charge in [-0.15, -0.1) is 0 Å². The fourth-order valence-corrected chi connectivity index (χ4v) is 2.41. The first-order chi connectivity index (χ1) is 7.29. The molecule has 0 radical (unpaired) electrons. The second kappa shape index (κ2) is 7.28. The van der Waals surface area contributed by atoms with Gasteiger partial charge < -0.3 is 5.32 Å². The Kier molecular flexibility index (Phi) is 7.24. The van der Waals surface area contributed by atoms with Gasteiger partial charge in [0.25, 0.3) is 0 Å². The van der Waals surface area contributed by atoms with Crippen LogP contribution in [0.4, 0.5) is 0 Å². The summed E-state index contributed by atoms with van der Waals surface area (Å²) in [4.78, 5) is 0. The molecule has 0 fully saturated rings. The van der Waals surface area contributed by atoms with Gasteiger partial charge in [0.2, 0.25) is 0 Å². The van der Waals surface area contributed by atoms with Gasteiger partial charge in [-0.3, -0.25) is 0 Å². The van der Waals surface area contributed by atoms with Gasteiger partial charge in [0, 0.05) is 12.6 Å². The summed E-state index contributed by atoms with van der Waals surface area (Å²) >= 11 is 0. The van der Waals surface area contributed by atoms with E-state index >= 15 is 0 Å². The molecule has 0 rings (SSSR count). The topological polar surface area (TPSA) is 46.2 Å². The molecular formula is C12H27NO2S. The molecule has 0 saturated carbocycles. The average Bonchev–Trinajstić information content (AvgIpc) is 2.16. The van der Waals surface area contributed by atoms with Crippen LogP contribution in [0, 0.1) is 5.92 Å². The smallest absolute Gasteiger partial charge is 0.153 e. The zero-order valence-electron chi connectivity index (χ0n) is 11.3. The summed E-state index contributed by atoms with van der Waals surface area (Å²) in [6.45, 7) is 10.6. The molecule has 3 nitrogen and oxygen atoms in total. The molecule has 2 unspecified atom stereocenters. The van der Waals surface area contributed by atoms with E-state index in [-0.39, 0.29) is 11.0 Å². The van der Waals surface area contributed by atoms with Crippen molar-refractivity contribution in [1.82, 2.24) is 5.32 Å². The third kappa shape index (κ3) is 6.48. The van der Waals surface area contributed by atoms with E-state index in [1.54, 1.807) is 13.8 Å². The van der Waals surface area contributed by atoms with Gasteiger partial charge >= 0.3 is 0 Å². The Balaban J connectivity index is 3.82. The van der Waals surface area contributed by atoms with E-state index in [1.807, 2.05) is 0 Å². The molecule has 0 heterocycles.